The van der Waals surface area contributed by atoms with Crippen LogP contribution in [0.5, 0.6) is 0 Å². The minimum absolute atomic E-state index is 0.141. The van der Waals surface area contributed by atoms with E-state index in [-0.39, 0.29) is 6.10 Å². The van der Waals surface area contributed by atoms with Gasteiger partial charge in [-0.25, -0.2) is 4.98 Å². The van der Waals surface area contributed by atoms with Gasteiger partial charge in [-0.1, -0.05) is 0 Å². The van der Waals surface area contributed by atoms with Crippen molar-refractivity contribution >= 4 is 21.7 Å². The van der Waals surface area contributed by atoms with E-state index in [1.807, 2.05) is 12.1 Å². The summed E-state index contributed by atoms with van der Waals surface area (Å²) in [5.74, 6) is 0.992. The Hall–Kier alpha value is -0.610. The molecule has 1 unspecified atom stereocenters. The molecule has 1 fully saturated rings. The number of anilines is 1. The zero-order valence-electron chi connectivity index (χ0n) is 8.56. The van der Waals surface area contributed by atoms with E-state index in [0.29, 0.717) is 0 Å². The summed E-state index contributed by atoms with van der Waals surface area (Å²) >= 11 is 3.51. The molecule has 1 saturated heterocycles. The Kier molecular flexibility index (Phi) is 3.59. The van der Waals surface area contributed by atoms with E-state index in [1.165, 1.54) is 0 Å². The smallest absolute Gasteiger partial charge is 0.142 e. The average molecular weight is 271 g/mol. The summed E-state index contributed by atoms with van der Waals surface area (Å²) < 4.78 is 1.03. The second-order valence-electron chi connectivity index (χ2n) is 3.88. The van der Waals surface area contributed by atoms with Gasteiger partial charge < -0.3 is 10.0 Å². The number of aliphatic hydroxyl groups is 1. The number of hydrogen-bond acceptors (Lipinski definition) is 3. The van der Waals surface area contributed by atoms with Crippen molar-refractivity contribution in [3.05, 3.63) is 22.8 Å². The maximum absolute atomic E-state index is 9.56. The molecule has 2 heterocycles. The number of rotatable bonds is 1. The summed E-state index contributed by atoms with van der Waals surface area (Å²) in [5, 5.41) is 9.56. The minimum atomic E-state index is -0.141. The van der Waals surface area contributed by atoms with Crippen LogP contribution in [0.2, 0.25) is 0 Å². The van der Waals surface area contributed by atoms with Crippen LogP contribution < -0.4 is 4.90 Å². The Labute approximate surface area is 98.3 Å². The quantitative estimate of drug-likeness (QED) is 0.850. The maximum atomic E-state index is 9.56. The lowest BCUT2D eigenvalue weighted by molar-refractivity contribution is 0.161. The zero-order valence-corrected chi connectivity index (χ0v) is 10.2. The number of pyridine rings is 1. The molecule has 15 heavy (non-hydrogen) atoms. The van der Waals surface area contributed by atoms with Crippen LogP contribution >= 0.6 is 15.9 Å². The summed E-state index contributed by atoms with van der Waals surface area (Å²) in [4.78, 5) is 6.60. The first-order valence-electron chi connectivity index (χ1n) is 5.31. The third kappa shape index (κ3) is 2.69. The van der Waals surface area contributed by atoms with Crippen LogP contribution in [0.1, 0.15) is 19.3 Å². The van der Waals surface area contributed by atoms with Crippen LogP contribution in [0.25, 0.3) is 0 Å². The van der Waals surface area contributed by atoms with Gasteiger partial charge in [0.05, 0.1) is 10.6 Å². The van der Waals surface area contributed by atoms with E-state index in [0.717, 1.165) is 42.6 Å². The summed E-state index contributed by atoms with van der Waals surface area (Å²) in [6.45, 7) is 1.86. The highest BCUT2D eigenvalue weighted by Gasteiger charge is 2.17. The summed E-state index contributed by atoms with van der Waals surface area (Å²) in [6, 6.07) is 3.92. The molecule has 1 atom stereocenters. The summed E-state index contributed by atoms with van der Waals surface area (Å²) in [7, 11) is 0. The Balaban J connectivity index is 2.13. The van der Waals surface area contributed by atoms with Crippen molar-refractivity contribution in [3.63, 3.8) is 0 Å². The molecule has 82 valence electrons. The molecule has 0 saturated carbocycles. The molecule has 4 heteroatoms. The van der Waals surface area contributed by atoms with E-state index < -0.39 is 0 Å². The minimum Gasteiger partial charge on any atom is -0.393 e. The van der Waals surface area contributed by atoms with Gasteiger partial charge in [-0.2, -0.15) is 0 Å². The lowest BCUT2D eigenvalue weighted by Gasteiger charge is -2.22. The molecule has 1 aliphatic heterocycles. The second-order valence-corrected chi connectivity index (χ2v) is 4.73. The number of nitrogens with zero attached hydrogens (tertiary/aromatic N) is 2. The van der Waals surface area contributed by atoms with Crippen LogP contribution in [0.15, 0.2) is 22.8 Å². The second kappa shape index (κ2) is 4.94. The third-order valence-electron chi connectivity index (χ3n) is 2.74. The molecule has 0 spiro atoms. The molecular formula is C11H15BrN2O. The van der Waals surface area contributed by atoms with E-state index in [4.69, 9.17) is 0 Å². The van der Waals surface area contributed by atoms with Crippen LogP contribution in [0.4, 0.5) is 5.82 Å². The normalized spacial score (nSPS) is 22.5. The van der Waals surface area contributed by atoms with Gasteiger partial charge in [0.1, 0.15) is 5.82 Å². The highest BCUT2D eigenvalue weighted by atomic mass is 79.9. The monoisotopic (exact) mass is 270 g/mol. The van der Waals surface area contributed by atoms with Crippen molar-refractivity contribution in [1.82, 2.24) is 4.98 Å². The molecule has 1 aromatic rings. The Bertz CT molecular complexity index is 332. The Morgan fingerprint density at radius 1 is 1.40 bits per heavy atom. The van der Waals surface area contributed by atoms with Crippen molar-refractivity contribution in [2.24, 2.45) is 0 Å². The summed E-state index contributed by atoms with van der Waals surface area (Å²) in [6.07, 6.45) is 4.44. The predicted octanol–water partition coefficient (Wildman–Crippen LogP) is 2.20. The fraction of sp³-hybridized carbons (Fsp3) is 0.545. The highest BCUT2D eigenvalue weighted by molar-refractivity contribution is 9.10. The lowest BCUT2D eigenvalue weighted by Crippen LogP contribution is -2.25. The van der Waals surface area contributed by atoms with Gasteiger partial charge in [-0.3, -0.25) is 0 Å². The molecule has 1 aromatic heterocycles. The standard InChI is InChI=1S/C11H15BrN2O/c12-10-4-1-6-13-11(10)14-7-2-3-9(15)5-8-14/h1,4,6,9,15H,2-3,5,7-8H2. The molecule has 0 aromatic carbocycles. The van der Waals surface area contributed by atoms with Crippen molar-refractivity contribution in [2.45, 2.75) is 25.4 Å². The molecular weight excluding hydrogens is 256 g/mol. The number of aromatic nitrogens is 1. The molecule has 0 amide bonds. The number of aliphatic hydroxyl groups excluding tert-OH is 1. The highest BCUT2D eigenvalue weighted by Crippen LogP contribution is 2.25. The molecule has 0 aliphatic carbocycles. The largest absolute Gasteiger partial charge is 0.393 e. The van der Waals surface area contributed by atoms with Crippen molar-refractivity contribution in [3.8, 4) is 0 Å². The van der Waals surface area contributed by atoms with Crippen LogP contribution in [-0.2, 0) is 0 Å². The number of halogens is 1. The van der Waals surface area contributed by atoms with Crippen molar-refractivity contribution < 1.29 is 5.11 Å². The molecule has 1 N–H and O–H groups in total. The van der Waals surface area contributed by atoms with Gasteiger partial charge in [-0.05, 0) is 47.3 Å². The third-order valence-corrected chi connectivity index (χ3v) is 3.36. The number of hydrogen-bond donors (Lipinski definition) is 1. The van der Waals surface area contributed by atoms with Crippen LogP contribution in [-0.4, -0.2) is 29.3 Å². The molecule has 2 rings (SSSR count). The first-order chi connectivity index (χ1) is 7.27. The van der Waals surface area contributed by atoms with Gasteiger partial charge in [-0.15, -0.1) is 0 Å². The molecule has 0 radical (unpaired) electrons. The molecule has 0 bridgehead atoms. The zero-order chi connectivity index (χ0) is 10.7. The topological polar surface area (TPSA) is 36.4 Å². The lowest BCUT2D eigenvalue weighted by atomic mass is 10.2. The average Bonchev–Trinajstić information content (AvgIpc) is 2.44. The first-order valence-corrected chi connectivity index (χ1v) is 6.10. The summed E-state index contributed by atoms with van der Waals surface area (Å²) in [5.41, 5.74) is 0. The van der Waals surface area contributed by atoms with Gasteiger partial charge in [0.15, 0.2) is 0 Å². The van der Waals surface area contributed by atoms with E-state index in [9.17, 15) is 5.11 Å². The van der Waals surface area contributed by atoms with E-state index in [1.54, 1.807) is 6.20 Å². The Morgan fingerprint density at radius 2 is 2.27 bits per heavy atom. The van der Waals surface area contributed by atoms with Gasteiger partial charge in [0.2, 0.25) is 0 Å². The fourth-order valence-corrected chi connectivity index (χ4v) is 2.41. The Morgan fingerprint density at radius 3 is 3.07 bits per heavy atom. The SMILES string of the molecule is OC1CCCN(c2ncccc2Br)CC1. The van der Waals surface area contributed by atoms with Crippen LogP contribution in [0, 0.1) is 0 Å². The fourth-order valence-electron chi connectivity index (χ4n) is 1.90. The maximum Gasteiger partial charge on any atom is 0.142 e. The first kappa shape index (κ1) is 10.9. The molecule has 1 aliphatic rings. The van der Waals surface area contributed by atoms with Gasteiger partial charge in [0.25, 0.3) is 0 Å². The van der Waals surface area contributed by atoms with Crippen molar-refractivity contribution in [1.29, 1.82) is 0 Å². The van der Waals surface area contributed by atoms with Crippen LogP contribution in [0.3, 0.4) is 0 Å². The predicted molar refractivity (Wildman–Crippen MR) is 64.0 cm³/mol. The van der Waals surface area contributed by atoms with E-state index >= 15 is 0 Å². The van der Waals surface area contributed by atoms with Gasteiger partial charge >= 0.3 is 0 Å². The van der Waals surface area contributed by atoms with E-state index in [2.05, 4.69) is 25.8 Å². The van der Waals surface area contributed by atoms with Gasteiger partial charge in [0, 0.05) is 19.3 Å². The van der Waals surface area contributed by atoms with Crippen molar-refractivity contribution in [2.75, 3.05) is 18.0 Å². The molecule has 3 nitrogen and oxygen atoms in total.